The summed E-state index contributed by atoms with van der Waals surface area (Å²) in [5, 5.41) is 10.1. The molecule has 1 unspecified atom stereocenters. The van der Waals surface area contributed by atoms with E-state index in [1.165, 1.54) is 19.0 Å². The Kier molecular flexibility index (Phi) is 5.95. The van der Waals surface area contributed by atoms with E-state index in [1.807, 2.05) is 0 Å². The number of benzene rings is 1. The van der Waals surface area contributed by atoms with Crippen molar-refractivity contribution in [3.05, 3.63) is 35.6 Å². The van der Waals surface area contributed by atoms with Crippen LogP contribution in [-0.4, -0.2) is 54.2 Å². The molecule has 1 N–H and O–H groups in total. The third-order valence-corrected chi connectivity index (χ3v) is 3.99. The number of hydrogen-bond acceptors (Lipinski definition) is 3. The van der Waals surface area contributed by atoms with Crippen molar-refractivity contribution in [2.24, 2.45) is 0 Å². The number of piperazine rings is 1. The largest absolute Gasteiger partial charge is 0.388 e. The lowest BCUT2D eigenvalue weighted by atomic mass is 10.1. The molecule has 0 radical (unpaired) electrons. The molecule has 0 aliphatic carbocycles. The number of aliphatic hydroxyl groups excluding tert-OH is 1. The Morgan fingerprint density at radius 2 is 1.70 bits per heavy atom. The topological polar surface area (TPSA) is 26.7 Å². The minimum absolute atomic E-state index is 0.312. The Bertz CT molecular complexity index is 405. The molecular formula is C16H25FN2O. The van der Waals surface area contributed by atoms with Crippen molar-refractivity contribution in [2.45, 2.75) is 25.9 Å². The maximum absolute atomic E-state index is 13.6. The molecular weight excluding hydrogens is 255 g/mol. The van der Waals surface area contributed by atoms with Crippen molar-refractivity contribution in [2.75, 3.05) is 39.3 Å². The molecule has 112 valence electrons. The molecule has 1 saturated heterocycles. The van der Waals surface area contributed by atoms with E-state index < -0.39 is 6.10 Å². The second-order valence-corrected chi connectivity index (χ2v) is 5.51. The Morgan fingerprint density at radius 1 is 1.10 bits per heavy atom. The highest BCUT2D eigenvalue weighted by atomic mass is 19.1. The predicted octanol–water partition coefficient (Wildman–Crippen LogP) is 2.28. The number of rotatable bonds is 6. The molecule has 0 aromatic heterocycles. The minimum atomic E-state index is -0.704. The fourth-order valence-corrected chi connectivity index (χ4v) is 2.76. The van der Waals surface area contributed by atoms with Gasteiger partial charge in [-0.05, 0) is 25.5 Å². The normalized spacial score (nSPS) is 19.1. The first kappa shape index (κ1) is 15.4. The van der Waals surface area contributed by atoms with Crippen LogP contribution in [0, 0.1) is 5.82 Å². The van der Waals surface area contributed by atoms with Gasteiger partial charge in [0.25, 0.3) is 0 Å². The number of aliphatic hydroxyl groups is 1. The molecule has 1 heterocycles. The van der Waals surface area contributed by atoms with Crippen LogP contribution in [0.4, 0.5) is 4.39 Å². The molecule has 20 heavy (non-hydrogen) atoms. The van der Waals surface area contributed by atoms with E-state index in [0.29, 0.717) is 12.0 Å². The van der Waals surface area contributed by atoms with E-state index in [2.05, 4.69) is 16.7 Å². The molecule has 1 aliphatic rings. The van der Waals surface area contributed by atoms with Crippen LogP contribution in [0.15, 0.2) is 24.3 Å². The van der Waals surface area contributed by atoms with Crippen molar-refractivity contribution in [3.63, 3.8) is 0 Å². The van der Waals surface area contributed by atoms with Crippen molar-refractivity contribution >= 4 is 0 Å². The summed E-state index contributed by atoms with van der Waals surface area (Å²) >= 11 is 0. The van der Waals surface area contributed by atoms with Crippen LogP contribution in [0.25, 0.3) is 0 Å². The summed E-state index contributed by atoms with van der Waals surface area (Å²) in [6.45, 7) is 8.50. The standard InChI is InChI=1S/C16H25FN2O/c1-2-8-18-10-12-19(13-11-18)9-7-16(20)14-5-3-4-6-15(14)17/h3-6,16,20H,2,7-13H2,1H3. The lowest BCUT2D eigenvalue weighted by Crippen LogP contribution is -2.46. The highest BCUT2D eigenvalue weighted by Gasteiger charge is 2.18. The molecule has 0 amide bonds. The Morgan fingerprint density at radius 3 is 2.30 bits per heavy atom. The van der Waals surface area contributed by atoms with Gasteiger partial charge in [-0.1, -0.05) is 25.1 Å². The van der Waals surface area contributed by atoms with Gasteiger partial charge in [0.05, 0.1) is 6.10 Å². The Balaban J connectivity index is 1.75. The van der Waals surface area contributed by atoms with Crippen LogP contribution in [0.2, 0.25) is 0 Å². The second-order valence-electron chi connectivity index (χ2n) is 5.51. The zero-order valence-electron chi connectivity index (χ0n) is 12.3. The van der Waals surface area contributed by atoms with E-state index >= 15 is 0 Å². The van der Waals surface area contributed by atoms with Gasteiger partial charge in [-0.2, -0.15) is 0 Å². The van der Waals surface area contributed by atoms with E-state index in [0.717, 1.165) is 32.7 Å². The Labute approximate surface area is 121 Å². The minimum Gasteiger partial charge on any atom is -0.388 e. The van der Waals surface area contributed by atoms with Gasteiger partial charge in [-0.3, -0.25) is 0 Å². The Hall–Kier alpha value is -0.970. The van der Waals surface area contributed by atoms with Crippen molar-refractivity contribution < 1.29 is 9.50 Å². The van der Waals surface area contributed by atoms with Crippen LogP contribution in [0.5, 0.6) is 0 Å². The SMILES string of the molecule is CCCN1CCN(CCC(O)c2ccccc2F)CC1. The van der Waals surface area contributed by atoms with Gasteiger partial charge in [-0.15, -0.1) is 0 Å². The van der Waals surface area contributed by atoms with E-state index in [4.69, 9.17) is 0 Å². The molecule has 0 bridgehead atoms. The quantitative estimate of drug-likeness (QED) is 0.866. The van der Waals surface area contributed by atoms with Gasteiger partial charge in [0.15, 0.2) is 0 Å². The molecule has 0 saturated carbocycles. The molecule has 4 heteroatoms. The first-order valence-electron chi connectivity index (χ1n) is 7.58. The van der Waals surface area contributed by atoms with E-state index in [-0.39, 0.29) is 5.82 Å². The van der Waals surface area contributed by atoms with Crippen molar-refractivity contribution in [1.29, 1.82) is 0 Å². The summed E-state index contributed by atoms with van der Waals surface area (Å²) in [5.41, 5.74) is 0.414. The summed E-state index contributed by atoms with van der Waals surface area (Å²) in [6, 6.07) is 6.49. The van der Waals surface area contributed by atoms with Crippen molar-refractivity contribution in [3.8, 4) is 0 Å². The second kappa shape index (κ2) is 7.72. The van der Waals surface area contributed by atoms with E-state index in [9.17, 15) is 9.50 Å². The molecule has 1 aromatic rings. The van der Waals surface area contributed by atoms with Gasteiger partial charge >= 0.3 is 0 Å². The van der Waals surface area contributed by atoms with Crippen LogP contribution in [0.3, 0.4) is 0 Å². The number of halogens is 1. The summed E-state index contributed by atoms with van der Waals surface area (Å²) in [4.78, 5) is 4.83. The lowest BCUT2D eigenvalue weighted by Gasteiger charge is -2.34. The van der Waals surface area contributed by atoms with Crippen LogP contribution < -0.4 is 0 Å². The maximum Gasteiger partial charge on any atom is 0.128 e. The molecule has 0 spiro atoms. The number of nitrogens with zero attached hydrogens (tertiary/aromatic N) is 2. The average molecular weight is 280 g/mol. The lowest BCUT2D eigenvalue weighted by molar-refractivity contribution is 0.101. The van der Waals surface area contributed by atoms with Crippen LogP contribution >= 0.6 is 0 Å². The van der Waals surface area contributed by atoms with Gasteiger partial charge < -0.3 is 14.9 Å². The molecule has 1 atom stereocenters. The van der Waals surface area contributed by atoms with Crippen molar-refractivity contribution in [1.82, 2.24) is 9.80 Å². The highest BCUT2D eigenvalue weighted by Crippen LogP contribution is 2.20. The average Bonchev–Trinajstić information content (AvgIpc) is 2.47. The van der Waals surface area contributed by atoms with Gasteiger partial charge in [0.1, 0.15) is 5.82 Å². The molecule has 1 aromatic carbocycles. The fourth-order valence-electron chi connectivity index (χ4n) is 2.76. The smallest absolute Gasteiger partial charge is 0.128 e. The third-order valence-electron chi connectivity index (χ3n) is 3.99. The third kappa shape index (κ3) is 4.27. The van der Waals surface area contributed by atoms with Crippen LogP contribution in [-0.2, 0) is 0 Å². The summed E-state index contributed by atoms with van der Waals surface area (Å²) in [5.74, 6) is -0.312. The summed E-state index contributed by atoms with van der Waals surface area (Å²) < 4.78 is 13.6. The molecule has 1 aliphatic heterocycles. The summed E-state index contributed by atoms with van der Waals surface area (Å²) in [6.07, 6.45) is 1.09. The monoisotopic (exact) mass is 280 g/mol. The fraction of sp³-hybridized carbons (Fsp3) is 0.625. The van der Waals surface area contributed by atoms with Gasteiger partial charge in [0.2, 0.25) is 0 Å². The first-order chi connectivity index (χ1) is 9.70. The van der Waals surface area contributed by atoms with Crippen LogP contribution in [0.1, 0.15) is 31.4 Å². The van der Waals surface area contributed by atoms with E-state index in [1.54, 1.807) is 18.2 Å². The predicted molar refractivity (Wildman–Crippen MR) is 79.1 cm³/mol. The number of hydrogen-bond donors (Lipinski definition) is 1. The zero-order chi connectivity index (χ0) is 14.4. The summed E-state index contributed by atoms with van der Waals surface area (Å²) in [7, 11) is 0. The molecule has 3 nitrogen and oxygen atoms in total. The zero-order valence-corrected chi connectivity index (χ0v) is 12.3. The van der Waals surface area contributed by atoms with Gasteiger partial charge in [0, 0.05) is 38.3 Å². The molecule has 1 fully saturated rings. The molecule has 2 rings (SSSR count). The highest BCUT2D eigenvalue weighted by molar-refractivity contribution is 5.19. The maximum atomic E-state index is 13.6. The first-order valence-corrected chi connectivity index (χ1v) is 7.58. The van der Waals surface area contributed by atoms with Gasteiger partial charge in [-0.25, -0.2) is 4.39 Å².